The molecule has 0 unspecified atom stereocenters. The Morgan fingerprint density at radius 2 is 2.05 bits per heavy atom. The quantitative estimate of drug-likeness (QED) is 0.860. The number of fused-ring (bicyclic) bond motifs is 1. The Labute approximate surface area is 129 Å². The lowest BCUT2D eigenvalue weighted by atomic mass is 9.92. The summed E-state index contributed by atoms with van der Waals surface area (Å²) in [5.74, 6) is 5.89. The Morgan fingerprint density at radius 3 is 2.82 bits per heavy atom. The summed E-state index contributed by atoms with van der Waals surface area (Å²) < 4.78 is 0. The minimum absolute atomic E-state index is 0.0301. The largest absolute Gasteiger partial charge is 0.325 e. The SMILES string of the molecule is CC#Cc1cncc(-c2ccc3c(c2)C(CN)=NCC3=O)c1. The summed E-state index contributed by atoms with van der Waals surface area (Å²) in [5, 5.41) is 0. The molecule has 0 aliphatic carbocycles. The molecule has 0 saturated heterocycles. The van der Waals surface area contributed by atoms with Crippen molar-refractivity contribution in [3.8, 4) is 23.0 Å². The molecule has 0 fully saturated rings. The van der Waals surface area contributed by atoms with Crippen LogP contribution in [0.4, 0.5) is 0 Å². The molecule has 1 aromatic carbocycles. The minimum Gasteiger partial charge on any atom is -0.325 e. The van der Waals surface area contributed by atoms with Gasteiger partial charge in [-0.15, -0.1) is 5.92 Å². The van der Waals surface area contributed by atoms with Crippen LogP contribution in [0.3, 0.4) is 0 Å². The second-order valence-corrected chi connectivity index (χ2v) is 4.99. The first-order valence-electron chi connectivity index (χ1n) is 7.02. The molecule has 108 valence electrons. The number of carbonyl (C=O) groups excluding carboxylic acids is 1. The van der Waals surface area contributed by atoms with Crippen molar-refractivity contribution in [1.29, 1.82) is 0 Å². The smallest absolute Gasteiger partial charge is 0.184 e. The van der Waals surface area contributed by atoms with E-state index in [9.17, 15) is 4.79 Å². The van der Waals surface area contributed by atoms with Gasteiger partial charge in [0.2, 0.25) is 0 Å². The van der Waals surface area contributed by atoms with Crippen LogP contribution in [-0.4, -0.2) is 29.6 Å². The summed E-state index contributed by atoms with van der Waals surface area (Å²) in [5.41, 5.74) is 10.8. The molecule has 3 rings (SSSR count). The Hall–Kier alpha value is -2.77. The van der Waals surface area contributed by atoms with Crippen LogP contribution >= 0.6 is 0 Å². The maximum absolute atomic E-state index is 12.0. The average Bonchev–Trinajstić information content (AvgIpc) is 2.55. The molecule has 0 saturated carbocycles. The lowest BCUT2D eigenvalue weighted by molar-refractivity contribution is 0.1000. The molecule has 2 aromatic rings. The van der Waals surface area contributed by atoms with Gasteiger partial charge in [0.1, 0.15) is 6.54 Å². The highest BCUT2D eigenvalue weighted by atomic mass is 16.1. The Balaban J connectivity index is 2.10. The number of hydrogen-bond acceptors (Lipinski definition) is 4. The van der Waals surface area contributed by atoms with E-state index in [0.717, 1.165) is 28.0 Å². The lowest BCUT2D eigenvalue weighted by Crippen LogP contribution is -2.24. The Kier molecular flexibility index (Phi) is 3.82. The third-order valence-electron chi connectivity index (χ3n) is 3.58. The zero-order valence-electron chi connectivity index (χ0n) is 12.3. The van der Waals surface area contributed by atoms with E-state index in [1.54, 1.807) is 19.3 Å². The topological polar surface area (TPSA) is 68.3 Å². The zero-order valence-corrected chi connectivity index (χ0v) is 12.3. The molecule has 1 aliphatic rings. The predicted octanol–water partition coefficient (Wildman–Crippen LogP) is 2.06. The summed E-state index contributed by atoms with van der Waals surface area (Å²) in [6.45, 7) is 2.30. The van der Waals surface area contributed by atoms with Gasteiger partial charge in [-0.1, -0.05) is 18.1 Å². The van der Waals surface area contributed by atoms with E-state index in [1.165, 1.54) is 0 Å². The van der Waals surface area contributed by atoms with Gasteiger partial charge in [0.05, 0.1) is 5.71 Å². The van der Waals surface area contributed by atoms with Gasteiger partial charge in [0, 0.05) is 41.2 Å². The van der Waals surface area contributed by atoms with Gasteiger partial charge in [-0.3, -0.25) is 14.8 Å². The molecular weight excluding hydrogens is 274 g/mol. The number of ketones is 1. The van der Waals surface area contributed by atoms with E-state index in [2.05, 4.69) is 21.8 Å². The first-order valence-corrected chi connectivity index (χ1v) is 7.02. The average molecular weight is 289 g/mol. The van der Waals surface area contributed by atoms with Gasteiger partial charge < -0.3 is 5.73 Å². The number of rotatable bonds is 2. The summed E-state index contributed by atoms with van der Waals surface area (Å²) in [4.78, 5) is 20.4. The highest BCUT2D eigenvalue weighted by Crippen LogP contribution is 2.25. The van der Waals surface area contributed by atoms with Crippen LogP contribution in [0.5, 0.6) is 0 Å². The molecule has 22 heavy (non-hydrogen) atoms. The second kappa shape index (κ2) is 5.92. The number of carbonyl (C=O) groups is 1. The van der Waals surface area contributed by atoms with Gasteiger partial charge in [-0.25, -0.2) is 0 Å². The molecule has 0 spiro atoms. The van der Waals surface area contributed by atoms with Crippen molar-refractivity contribution in [1.82, 2.24) is 4.98 Å². The van der Waals surface area contributed by atoms with Gasteiger partial charge in [0.15, 0.2) is 5.78 Å². The molecule has 0 amide bonds. The first-order chi connectivity index (χ1) is 10.7. The molecule has 1 aliphatic heterocycles. The Morgan fingerprint density at radius 1 is 1.18 bits per heavy atom. The van der Waals surface area contributed by atoms with Gasteiger partial charge in [-0.2, -0.15) is 0 Å². The van der Waals surface area contributed by atoms with Crippen molar-refractivity contribution in [2.45, 2.75) is 6.92 Å². The highest BCUT2D eigenvalue weighted by molar-refractivity contribution is 6.16. The number of nitrogens with two attached hydrogens (primary N) is 1. The minimum atomic E-state index is 0.0301. The monoisotopic (exact) mass is 289 g/mol. The fourth-order valence-electron chi connectivity index (χ4n) is 2.53. The molecular formula is C18H15N3O. The summed E-state index contributed by atoms with van der Waals surface area (Å²) in [7, 11) is 0. The number of benzene rings is 1. The zero-order chi connectivity index (χ0) is 15.5. The molecule has 4 heteroatoms. The van der Waals surface area contributed by atoms with E-state index in [1.807, 2.05) is 24.3 Å². The third-order valence-corrected chi connectivity index (χ3v) is 3.58. The molecule has 4 nitrogen and oxygen atoms in total. The number of aromatic nitrogens is 1. The van der Waals surface area contributed by atoms with Crippen molar-refractivity contribution in [3.63, 3.8) is 0 Å². The third kappa shape index (κ3) is 2.54. The van der Waals surface area contributed by atoms with Gasteiger partial charge in [0.25, 0.3) is 0 Å². The van der Waals surface area contributed by atoms with Crippen LogP contribution in [0.25, 0.3) is 11.1 Å². The van der Waals surface area contributed by atoms with Crippen molar-refractivity contribution in [3.05, 3.63) is 53.3 Å². The molecule has 2 heterocycles. The van der Waals surface area contributed by atoms with E-state index < -0.39 is 0 Å². The van der Waals surface area contributed by atoms with Crippen molar-refractivity contribution < 1.29 is 4.79 Å². The standard InChI is InChI=1S/C18H15N3O/c1-2-3-12-6-14(10-20-9-12)13-4-5-15-16(7-13)17(8-19)21-11-18(15)22/h4-7,9-10H,8,11,19H2,1H3. The second-order valence-electron chi connectivity index (χ2n) is 4.99. The van der Waals surface area contributed by atoms with E-state index in [0.29, 0.717) is 12.1 Å². The van der Waals surface area contributed by atoms with Crippen LogP contribution in [-0.2, 0) is 0 Å². The Bertz CT molecular complexity index is 841. The number of Topliss-reactive ketones (excluding diaryl/α,β-unsaturated/α-hetero) is 1. The van der Waals surface area contributed by atoms with Gasteiger partial charge in [-0.05, 0) is 24.6 Å². The van der Waals surface area contributed by atoms with Crippen molar-refractivity contribution in [2.75, 3.05) is 13.1 Å². The van der Waals surface area contributed by atoms with Crippen LogP contribution in [0.2, 0.25) is 0 Å². The molecule has 1 aromatic heterocycles. The number of pyridine rings is 1. The van der Waals surface area contributed by atoms with Crippen LogP contribution in [0.1, 0.15) is 28.4 Å². The van der Waals surface area contributed by atoms with E-state index in [4.69, 9.17) is 5.73 Å². The van der Waals surface area contributed by atoms with E-state index >= 15 is 0 Å². The maximum Gasteiger partial charge on any atom is 0.184 e. The number of aliphatic imine (C=N–C) groups is 1. The molecule has 0 atom stereocenters. The normalized spacial score (nSPS) is 13.0. The molecule has 2 N–H and O–H groups in total. The fourth-order valence-corrected chi connectivity index (χ4v) is 2.53. The summed E-state index contributed by atoms with van der Waals surface area (Å²) in [6, 6.07) is 7.71. The number of hydrogen-bond donors (Lipinski definition) is 1. The molecule has 0 radical (unpaired) electrons. The van der Waals surface area contributed by atoms with Crippen molar-refractivity contribution >= 4 is 11.5 Å². The predicted molar refractivity (Wildman–Crippen MR) is 87.0 cm³/mol. The summed E-state index contributed by atoms with van der Waals surface area (Å²) in [6.07, 6.45) is 3.52. The van der Waals surface area contributed by atoms with Gasteiger partial charge >= 0.3 is 0 Å². The summed E-state index contributed by atoms with van der Waals surface area (Å²) >= 11 is 0. The van der Waals surface area contributed by atoms with Crippen molar-refractivity contribution in [2.24, 2.45) is 10.7 Å². The lowest BCUT2D eigenvalue weighted by Gasteiger charge is -2.16. The van der Waals surface area contributed by atoms with Crippen LogP contribution in [0.15, 0.2) is 41.7 Å². The van der Waals surface area contributed by atoms with Crippen LogP contribution < -0.4 is 5.73 Å². The van der Waals surface area contributed by atoms with E-state index in [-0.39, 0.29) is 12.3 Å². The number of nitrogens with zero attached hydrogens (tertiary/aromatic N) is 2. The first kappa shape index (κ1) is 14.2. The fraction of sp³-hybridized carbons (Fsp3) is 0.167. The molecule has 0 bridgehead atoms. The maximum atomic E-state index is 12.0. The highest BCUT2D eigenvalue weighted by Gasteiger charge is 2.20. The van der Waals surface area contributed by atoms with Crippen LogP contribution in [0, 0.1) is 11.8 Å².